The molecule has 0 spiro atoms. The van der Waals surface area contributed by atoms with E-state index in [1.165, 1.54) is 0 Å². The zero-order valence-corrected chi connectivity index (χ0v) is 9.98. The lowest BCUT2D eigenvalue weighted by Crippen LogP contribution is -2.38. The van der Waals surface area contributed by atoms with Crippen molar-refractivity contribution in [2.24, 2.45) is 12.8 Å². The van der Waals surface area contributed by atoms with Crippen LogP contribution in [0.25, 0.3) is 0 Å². The van der Waals surface area contributed by atoms with Crippen LogP contribution in [-0.2, 0) is 16.5 Å². The smallest absolute Gasteiger partial charge is 0.153 e. The largest absolute Gasteiger partial charge is 0.376 e. The Balaban J connectivity index is 2.15. The highest BCUT2D eigenvalue weighted by Crippen LogP contribution is 2.23. The highest BCUT2D eigenvalue weighted by Gasteiger charge is 2.27. The van der Waals surface area contributed by atoms with Crippen molar-refractivity contribution in [3.63, 3.8) is 0 Å². The monoisotopic (exact) mass is 276 g/mol. The molecule has 1 aromatic rings. The van der Waals surface area contributed by atoms with Gasteiger partial charge in [0.25, 0.3) is 0 Å². The fourth-order valence-electron chi connectivity index (χ4n) is 1.58. The van der Waals surface area contributed by atoms with Crippen LogP contribution in [0.3, 0.4) is 0 Å². The molecule has 0 bridgehead atoms. The number of aromatic nitrogens is 3. The van der Waals surface area contributed by atoms with Crippen LogP contribution >= 0.6 is 15.9 Å². The van der Waals surface area contributed by atoms with E-state index in [1.807, 2.05) is 0 Å². The molecule has 0 amide bonds. The third kappa shape index (κ3) is 2.20. The highest BCUT2D eigenvalue weighted by atomic mass is 79.9. The van der Waals surface area contributed by atoms with Crippen LogP contribution in [0.2, 0.25) is 0 Å². The summed E-state index contributed by atoms with van der Waals surface area (Å²) < 4.78 is 13.1. The SMILES string of the molecule is Cn1nnc(Br)c1C(N)C1COCCO1. The maximum Gasteiger partial charge on any atom is 0.153 e. The van der Waals surface area contributed by atoms with Gasteiger partial charge in [-0.15, -0.1) is 5.10 Å². The van der Waals surface area contributed by atoms with Crippen LogP contribution in [0.5, 0.6) is 0 Å². The molecule has 1 saturated heterocycles. The second-order valence-corrected chi connectivity index (χ2v) is 4.15. The molecule has 84 valence electrons. The van der Waals surface area contributed by atoms with E-state index in [9.17, 15) is 0 Å². The Bertz CT molecular complexity index is 318. The summed E-state index contributed by atoms with van der Waals surface area (Å²) in [6.45, 7) is 1.73. The van der Waals surface area contributed by atoms with Gasteiger partial charge < -0.3 is 15.2 Å². The minimum absolute atomic E-state index is 0.132. The summed E-state index contributed by atoms with van der Waals surface area (Å²) in [6, 6.07) is -0.278. The predicted molar refractivity (Wildman–Crippen MR) is 56.2 cm³/mol. The van der Waals surface area contributed by atoms with E-state index in [2.05, 4.69) is 26.2 Å². The van der Waals surface area contributed by atoms with Crippen molar-refractivity contribution in [2.75, 3.05) is 19.8 Å². The standard InChI is InChI=1S/C8H13BrN4O2/c1-13-7(8(9)11-12-13)6(10)5-4-14-2-3-15-5/h5-6H,2-4,10H2,1H3. The molecular formula is C8H13BrN4O2. The van der Waals surface area contributed by atoms with Crippen LogP contribution < -0.4 is 5.73 Å². The van der Waals surface area contributed by atoms with Gasteiger partial charge in [0.1, 0.15) is 6.10 Å². The van der Waals surface area contributed by atoms with Crippen molar-refractivity contribution < 1.29 is 9.47 Å². The van der Waals surface area contributed by atoms with Gasteiger partial charge in [-0.3, -0.25) is 0 Å². The van der Waals surface area contributed by atoms with Crippen LogP contribution in [-0.4, -0.2) is 40.9 Å². The lowest BCUT2D eigenvalue weighted by atomic mass is 10.1. The Morgan fingerprint density at radius 2 is 2.40 bits per heavy atom. The van der Waals surface area contributed by atoms with Crippen molar-refractivity contribution >= 4 is 15.9 Å². The molecule has 1 fully saturated rings. The molecule has 1 aliphatic rings. The summed E-state index contributed by atoms with van der Waals surface area (Å²) in [7, 11) is 1.80. The quantitative estimate of drug-likeness (QED) is 0.823. The van der Waals surface area contributed by atoms with Crippen molar-refractivity contribution in [3.05, 3.63) is 10.3 Å². The fourth-order valence-corrected chi connectivity index (χ4v) is 2.17. The third-order valence-electron chi connectivity index (χ3n) is 2.38. The van der Waals surface area contributed by atoms with Crippen molar-refractivity contribution in [2.45, 2.75) is 12.1 Å². The topological polar surface area (TPSA) is 75.2 Å². The highest BCUT2D eigenvalue weighted by molar-refractivity contribution is 9.10. The molecule has 2 unspecified atom stereocenters. The zero-order chi connectivity index (χ0) is 10.8. The summed E-state index contributed by atoms with van der Waals surface area (Å²) in [6.07, 6.45) is -0.132. The van der Waals surface area contributed by atoms with E-state index in [1.54, 1.807) is 11.7 Å². The van der Waals surface area contributed by atoms with Gasteiger partial charge in [0, 0.05) is 7.05 Å². The normalized spacial score (nSPS) is 24.1. The number of hydrogen-bond acceptors (Lipinski definition) is 5. The minimum Gasteiger partial charge on any atom is -0.376 e. The number of ether oxygens (including phenoxy) is 2. The van der Waals surface area contributed by atoms with Gasteiger partial charge in [-0.05, 0) is 15.9 Å². The number of nitrogens with zero attached hydrogens (tertiary/aromatic N) is 3. The summed E-state index contributed by atoms with van der Waals surface area (Å²) >= 11 is 3.31. The van der Waals surface area contributed by atoms with E-state index in [0.717, 1.165) is 5.69 Å². The van der Waals surface area contributed by atoms with E-state index in [4.69, 9.17) is 15.2 Å². The van der Waals surface area contributed by atoms with Gasteiger partial charge in [0.2, 0.25) is 0 Å². The van der Waals surface area contributed by atoms with Gasteiger partial charge in [0.15, 0.2) is 4.60 Å². The van der Waals surface area contributed by atoms with Crippen molar-refractivity contribution in [1.29, 1.82) is 0 Å². The third-order valence-corrected chi connectivity index (χ3v) is 2.95. The second kappa shape index (κ2) is 4.56. The molecule has 1 aliphatic heterocycles. The number of nitrogens with two attached hydrogens (primary N) is 1. The maximum absolute atomic E-state index is 6.08. The number of hydrogen-bond donors (Lipinski definition) is 1. The fraction of sp³-hybridized carbons (Fsp3) is 0.750. The molecule has 0 aromatic carbocycles. The lowest BCUT2D eigenvalue weighted by Gasteiger charge is -2.27. The van der Waals surface area contributed by atoms with Gasteiger partial charge in [-0.1, -0.05) is 5.21 Å². The molecule has 0 aliphatic carbocycles. The van der Waals surface area contributed by atoms with Crippen LogP contribution in [0.15, 0.2) is 4.60 Å². The second-order valence-electron chi connectivity index (χ2n) is 3.40. The molecule has 1 aromatic heterocycles. The first-order valence-corrected chi connectivity index (χ1v) is 5.49. The summed E-state index contributed by atoms with van der Waals surface area (Å²) in [4.78, 5) is 0. The Morgan fingerprint density at radius 1 is 1.60 bits per heavy atom. The van der Waals surface area contributed by atoms with E-state index < -0.39 is 0 Å². The molecule has 0 radical (unpaired) electrons. The molecule has 15 heavy (non-hydrogen) atoms. The van der Waals surface area contributed by atoms with E-state index in [0.29, 0.717) is 24.4 Å². The maximum atomic E-state index is 6.08. The summed E-state index contributed by atoms with van der Waals surface area (Å²) in [5.41, 5.74) is 6.90. The minimum atomic E-state index is -0.278. The Hall–Kier alpha value is -0.500. The molecule has 0 saturated carbocycles. The molecule has 2 atom stereocenters. The van der Waals surface area contributed by atoms with Gasteiger partial charge >= 0.3 is 0 Å². The van der Waals surface area contributed by atoms with Gasteiger partial charge in [-0.25, -0.2) is 4.68 Å². The van der Waals surface area contributed by atoms with E-state index >= 15 is 0 Å². The van der Waals surface area contributed by atoms with Crippen LogP contribution in [0.4, 0.5) is 0 Å². The zero-order valence-electron chi connectivity index (χ0n) is 8.39. The first-order chi connectivity index (χ1) is 7.20. The molecular weight excluding hydrogens is 264 g/mol. The molecule has 6 nitrogen and oxygen atoms in total. The average molecular weight is 277 g/mol. The average Bonchev–Trinajstić information content (AvgIpc) is 2.59. The number of aryl methyl sites for hydroxylation is 1. The molecule has 2 heterocycles. The Kier molecular flexibility index (Phi) is 3.35. The van der Waals surface area contributed by atoms with Gasteiger partial charge in [-0.2, -0.15) is 0 Å². The molecule has 2 rings (SSSR count). The van der Waals surface area contributed by atoms with Crippen LogP contribution in [0.1, 0.15) is 11.7 Å². The molecule has 2 N–H and O–H groups in total. The lowest BCUT2D eigenvalue weighted by molar-refractivity contribution is -0.0984. The predicted octanol–water partition coefficient (Wildman–Crippen LogP) is -0.00720. The van der Waals surface area contributed by atoms with E-state index in [-0.39, 0.29) is 12.1 Å². The Labute approximate surface area is 95.8 Å². The number of rotatable bonds is 2. The van der Waals surface area contributed by atoms with Crippen LogP contribution in [0, 0.1) is 0 Å². The van der Waals surface area contributed by atoms with Crippen molar-refractivity contribution in [3.8, 4) is 0 Å². The first kappa shape index (κ1) is 11.0. The number of halogens is 1. The Morgan fingerprint density at radius 3 is 2.93 bits per heavy atom. The van der Waals surface area contributed by atoms with Crippen molar-refractivity contribution in [1.82, 2.24) is 15.0 Å². The summed E-state index contributed by atoms with van der Waals surface area (Å²) in [5.74, 6) is 0. The first-order valence-electron chi connectivity index (χ1n) is 4.70. The van der Waals surface area contributed by atoms with Gasteiger partial charge in [0.05, 0.1) is 31.6 Å². The molecule has 7 heteroatoms. The summed E-state index contributed by atoms with van der Waals surface area (Å²) in [5, 5.41) is 7.76.